The van der Waals surface area contributed by atoms with E-state index in [-0.39, 0.29) is 5.75 Å². The smallest absolute Gasteiger partial charge is 0.336 e. The summed E-state index contributed by atoms with van der Waals surface area (Å²) in [6.45, 7) is 0. The molecule has 4 nitrogen and oxygen atoms in total. The van der Waals surface area contributed by atoms with Gasteiger partial charge in [-0.3, -0.25) is 0 Å². The Labute approximate surface area is 131 Å². The summed E-state index contributed by atoms with van der Waals surface area (Å²) in [4.78, 5) is 12.7. The van der Waals surface area contributed by atoms with Gasteiger partial charge in [-0.15, -0.1) is 11.8 Å². The first kappa shape index (κ1) is 14.5. The Bertz CT molecular complexity index is 853. The second-order valence-corrected chi connectivity index (χ2v) is 5.78. The van der Waals surface area contributed by atoms with Gasteiger partial charge >= 0.3 is 5.63 Å². The van der Waals surface area contributed by atoms with Crippen LogP contribution in [0.15, 0.2) is 62.6 Å². The molecule has 2 aromatic carbocycles. The molecule has 1 heterocycles. The minimum atomic E-state index is -0.413. The zero-order valence-electron chi connectivity index (χ0n) is 11.9. The number of rotatable bonds is 4. The standard InChI is InChI=1S/C17H14O4S/c1-20-13-3-5-14(6-4-13)22-10-11-8-17(19)21-16-9-12(18)2-7-15(11)16/h2-9,18H,10H2,1H3. The third-order valence-electron chi connectivity index (χ3n) is 3.27. The fourth-order valence-electron chi connectivity index (χ4n) is 2.17. The van der Waals surface area contributed by atoms with Crippen molar-refractivity contribution in [1.82, 2.24) is 0 Å². The molecule has 0 bridgehead atoms. The number of benzene rings is 2. The van der Waals surface area contributed by atoms with Gasteiger partial charge in [0, 0.05) is 28.2 Å². The van der Waals surface area contributed by atoms with E-state index in [2.05, 4.69) is 0 Å². The molecule has 5 heteroatoms. The van der Waals surface area contributed by atoms with Crippen molar-refractivity contribution in [2.24, 2.45) is 0 Å². The van der Waals surface area contributed by atoms with Gasteiger partial charge in [0.1, 0.15) is 17.1 Å². The fraction of sp³-hybridized carbons (Fsp3) is 0.118. The van der Waals surface area contributed by atoms with E-state index >= 15 is 0 Å². The molecule has 3 aromatic rings. The summed E-state index contributed by atoms with van der Waals surface area (Å²) >= 11 is 1.62. The van der Waals surface area contributed by atoms with Crippen molar-refractivity contribution in [1.29, 1.82) is 0 Å². The number of hydrogen-bond acceptors (Lipinski definition) is 5. The van der Waals surface area contributed by atoms with Crippen LogP contribution in [0.1, 0.15) is 5.56 Å². The summed E-state index contributed by atoms with van der Waals surface area (Å²) in [6, 6.07) is 14.1. The maximum absolute atomic E-state index is 11.6. The highest BCUT2D eigenvalue weighted by Crippen LogP contribution is 2.28. The van der Waals surface area contributed by atoms with E-state index < -0.39 is 5.63 Å². The molecular formula is C17H14O4S. The average molecular weight is 314 g/mol. The van der Waals surface area contributed by atoms with Gasteiger partial charge in [-0.2, -0.15) is 0 Å². The molecule has 0 spiro atoms. The number of phenols is 1. The highest BCUT2D eigenvalue weighted by atomic mass is 32.2. The molecule has 112 valence electrons. The quantitative estimate of drug-likeness (QED) is 0.586. The van der Waals surface area contributed by atoms with Crippen molar-refractivity contribution < 1.29 is 14.3 Å². The molecule has 1 aromatic heterocycles. The van der Waals surface area contributed by atoms with Gasteiger partial charge in [0.25, 0.3) is 0 Å². The van der Waals surface area contributed by atoms with Crippen molar-refractivity contribution in [3.05, 3.63) is 64.5 Å². The summed E-state index contributed by atoms with van der Waals surface area (Å²) in [5.41, 5.74) is 0.869. The largest absolute Gasteiger partial charge is 0.508 e. The van der Waals surface area contributed by atoms with Crippen LogP contribution < -0.4 is 10.4 Å². The van der Waals surface area contributed by atoms with Crippen LogP contribution in [0.4, 0.5) is 0 Å². The lowest BCUT2D eigenvalue weighted by molar-refractivity contribution is 0.414. The lowest BCUT2D eigenvalue weighted by atomic mass is 10.1. The molecule has 0 saturated carbocycles. The summed E-state index contributed by atoms with van der Waals surface area (Å²) in [5.74, 6) is 1.53. The van der Waals surface area contributed by atoms with Crippen LogP contribution in [-0.2, 0) is 5.75 Å². The fourth-order valence-corrected chi connectivity index (χ4v) is 3.06. The lowest BCUT2D eigenvalue weighted by Gasteiger charge is -2.06. The Morgan fingerprint density at radius 3 is 2.64 bits per heavy atom. The van der Waals surface area contributed by atoms with Crippen molar-refractivity contribution in [2.75, 3.05) is 7.11 Å². The summed E-state index contributed by atoms with van der Waals surface area (Å²) in [5, 5.41) is 10.3. The van der Waals surface area contributed by atoms with Gasteiger partial charge in [-0.25, -0.2) is 4.79 Å². The third-order valence-corrected chi connectivity index (χ3v) is 4.33. The molecule has 22 heavy (non-hydrogen) atoms. The molecule has 0 atom stereocenters. The predicted molar refractivity (Wildman–Crippen MR) is 86.7 cm³/mol. The second kappa shape index (κ2) is 6.15. The molecule has 0 unspecified atom stereocenters. The Morgan fingerprint density at radius 1 is 1.14 bits per heavy atom. The number of ether oxygens (including phenoxy) is 1. The van der Waals surface area contributed by atoms with Gasteiger partial charge in [-0.1, -0.05) is 0 Å². The molecule has 0 amide bonds. The summed E-state index contributed by atoms with van der Waals surface area (Å²) in [6.07, 6.45) is 0. The van der Waals surface area contributed by atoms with Crippen LogP contribution in [0.5, 0.6) is 11.5 Å². The summed E-state index contributed by atoms with van der Waals surface area (Å²) < 4.78 is 10.3. The van der Waals surface area contributed by atoms with Crippen molar-refractivity contribution >= 4 is 22.7 Å². The zero-order valence-corrected chi connectivity index (χ0v) is 12.7. The Kier molecular flexibility index (Phi) is 4.06. The predicted octanol–water partition coefficient (Wildman–Crippen LogP) is 3.80. The van der Waals surface area contributed by atoms with Crippen molar-refractivity contribution in [2.45, 2.75) is 10.6 Å². The number of fused-ring (bicyclic) bond motifs is 1. The first-order valence-corrected chi connectivity index (χ1v) is 7.67. The lowest BCUT2D eigenvalue weighted by Crippen LogP contribution is -1.99. The number of aromatic hydroxyl groups is 1. The molecular weight excluding hydrogens is 300 g/mol. The SMILES string of the molecule is COc1ccc(SCc2cc(=O)oc3cc(O)ccc23)cc1. The molecule has 0 radical (unpaired) electrons. The molecule has 3 rings (SSSR count). The maximum Gasteiger partial charge on any atom is 0.336 e. The highest BCUT2D eigenvalue weighted by Gasteiger charge is 2.07. The van der Waals surface area contributed by atoms with Crippen LogP contribution in [-0.4, -0.2) is 12.2 Å². The first-order chi connectivity index (χ1) is 10.7. The molecule has 0 fully saturated rings. The molecule has 0 aliphatic carbocycles. The molecule has 0 saturated heterocycles. The van der Waals surface area contributed by atoms with Crippen LogP contribution in [0.25, 0.3) is 11.0 Å². The monoisotopic (exact) mass is 314 g/mol. The zero-order chi connectivity index (χ0) is 15.5. The van der Waals surface area contributed by atoms with E-state index in [1.807, 2.05) is 24.3 Å². The van der Waals surface area contributed by atoms with Crippen LogP contribution >= 0.6 is 11.8 Å². The Hall–Kier alpha value is -2.40. The van der Waals surface area contributed by atoms with E-state index in [1.54, 1.807) is 31.0 Å². The first-order valence-electron chi connectivity index (χ1n) is 6.68. The Balaban J connectivity index is 1.88. The van der Waals surface area contributed by atoms with Crippen molar-refractivity contribution in [3.63, 3.8) is 0 Å². The highest BCUT2D eigenvalue weighted by molar-refractivity contribution is 7.98. The summed E-state index contributed by atoms with van der Waals surface area (Å²) in [7, 11) is 1.63. The molecule has 0 aliphatic rings. The van der Waals surface area contributed by atoms with Gasteiger partial charge in [0.05, 0.1) is 7.11 Å². The van der Waals surface area contributed by atoms with Crippen LogP contribution in [0.3, 0.4) is 0 Å². The van der Waals surface area contributed by atoms with Gasteiger partial charge in [0.15, 0.2) is 0 Å². The second-order valence-electron chi connectivity index (χ2n) is 4.74. The van der Waals surface area contributed by atoms with Crippen LogP contribution in [0.2, 0.25) is 0 Å². The van der Waals surface area contributed by atoms with E-state index in [0.29, 0.717) is 11.3 Å². The van der Waals surface area contributed by atoms with Gasteiger partial charge < -0.3 is 14.3 Å². The molecule has 0 aliphatic heterocycles. The topological polar surface area (TPSA) is 59.7 Å². The van der Waals surface area contributed by atoms with E-state index in [1.165, 1.54) is 12.1 Å². The number of methoxy groups -OCH3 is 1. The molecule has 1 N–H and O–H groups in total. The van der Waals surface area contributed by atoms with Crippen molar-refractivity contribution in [3.8, 4) is 11.5 Å². The maximum atomic E-state index is 11.6. The van der Waals surface area contributed by atoms with Gasteiger partial charge in [-0.05, 0) is 42.0 Å². The average Bonchev–Trinajstić information content (AvgIpc) is 2.52. The number of hydrogen-bond donors (Lipinski definition) is 1. The third kappa shape index (κ3) is 3.09. The van der Waals surface area contributed by atoms with E-state index in [0.717, 1.165) is 21.6 Å². The number of thioether (sulfide) groups is 1. The number of phenolic OH excluding ortho intramolecular Hbond substituents is 1. The van der Waals surface area contributed by atoms with E-state index in [4.69, 9.17) is 9.15 Å². The Morgan fingerprint density at radius 2 is 1.91 bits per heavy atom. The minimum absolute atomic E-state index is 0.0793. The van der Waals surface area contributed by atoms with E-state index in [9.17, 15) is 9.90 Å². The minimum Gasteiger partial charge on any atom is -0.508 e. The van der Waals surface area contributed by atoms with Crippen LogP contribution in [0, 0.1) is 0 Å². The normalized spacial score (nSPS) is 10.8. The van der Waals surface area contributed by atoms with Gasteiger partial charge in [0.2, 0.25) is 0 Å².